The molecule has 1 atom stereocenters. The first-order chi connectivity index (χ1) is 23.6. The molecule has 6 aromatic rings. The van der Waals surface area contributed by atoms with Crippen molar-refractivity contribution >= 4 is 47.7 Å². The molecule has 1 unspecified atom stereocenters. The van der Waals surface area contributed by atoms with Crippen LogP contribution in [0.25, 0.3) is 0 Å². The molecule has 0 aromatic heterocycles. The van der Waals surface area contributed by atoms with Crippen LogP contribution in [0.4, 0.5) is 0 Å². The van der Waals surface area contributed by atoms with Gasteiger partial charge < -0.3 is 9.84 Å². The van der Waals surface area contributed by atoms with Gasteiger partial charge in [-0.1, -0.05) is 184 Å². The Labute approximate surface area is 289 Å². The monoisotopic (exact) mass is 666 g/mol. The van der Waals surface area contributed by atoms with Crippen LogP contribution in [0.15, 0.2) is 158 Å². The molecule has 6 aromatic carbocycles. The first-order valence-corrected chi connectivity index (χ1v) is 19.7. The van der Waals surface area contributed by atoms with Gasteiger partial charge in [0.15, 0.2) is 0 Å². The highest BCUT2D eigenvalue weighted by Gasteiger charge is 2.24. The lowest BCUT2D eigenvalue weighted by atomic mass is 9.96. The van der Waals surface area contributed by atoms with Gasteiger partial charge >= 0.3 is 0 Å². The Morgan fingerprint density at radius 2 is 0.979 bits per heavy atom. The van der Waals surface area contributed by atoms with Crippen LogP contribution < -0.4 is 36.6 Å². The number of rotatable bonds is 14. The zero-order valence-electron chi connectivity index (χ0n) is 27.9. The molecule has 242 valence electrons. The van der Waals surface area contributed by atoms with E-state index in [-0.39, 0.29) is 0 Å². The van der Waals surface area contributed by atoms with Crippen molar-refractivity contribution < 1.29 is 9.84 Å². The predicted octanol–water partition coefficient (Wildman–Crippen LogP) is 8.51. The molecule has 0 aliphatic heterocycles. The molecule has 4 heteroatoms. The largest absolute Gasteiger partial charge is 0.507 e. The number of phenols is 1. The predicted molar refractivity (Wildman–Crippen MR) is 209 cm³/mol. The lowest BCUT2D eigenvalue weighted by molar-refractivity contribution is 0.317. The van der Waals surface area contributed by atoms with Gasteiger partial charge in [0.1, 0.15) is 11.5 Å². The van der Waals surface area contributed by atoms with E-state index < -0.39 is 15.8 Å². The topological polar surface area (TPSA) is 29.5 Å². The van der Waals surface area contributed by atoms with Crippen molar-refractivity contribution in [3.8, 4) is 11.5 Å². The number of ether oxygens (including phenoxy) is 1. The Morgan fingerprint density at radius 3 is 1.46 bits per heavy atom. The summed E-state index contributed by atoms with van der Waals surface area (Å²) in [7, 11) is -1.74. The summed E-state index contributed by atoms with van der Waals surface area (Å²) < 4.78 is 6.91. The Morgan fingerprint density at radius 1 is 0.542 bits per heavy atom. The number of phenolic OH excluding ortho intramolecular Hbond substituents is 1. The van der Waals surface area contributed by atoms with E-state index in [9.17, 15) is 5.11 Å². The zero-order chi connectivity index (χ0) is 33.1. The molecule has 6 rings (SSSR count). The van der Waals surface area contributed by atoms with E-state index in [4.69, 9.17) is 4.74 Å². The summed E-state index contributed by atoms with van der Waals surface area (Å²) in [5.41, 5.74) is 2.18. The standard InChI is InChI=1S/C44H44O2P2/c1-3-18-34(2)33-36-20-17-30-42(48(39-25-12-6-13-26-39)40-27-14-7-15-28-40)44(36)46-32-31-35-19-16-29-41(43(35)45)47(37-21-8-4-9-22-37)38-23-10-5-11-24-38/h4-17,19-30,34,45H,3,18,31-33H2,1-2H3. The summed E-state index contributed by atoms with van der Waals surface area (Å²) in [6.45, 7) is 5.08. The highest BCUT2D eigenvalue weighted by atomic mass is 31.1. The molecule has 0 bridgehead atoms. The first-order valence-electron chi connectivity index (χ1n) is 17.0. The van der Waals surface area contributed by atoms with Crippen molar-refractivity contribution in [3.05, 3.63) is 169 Å². The molecule has 0 aliphatic carbocycles. The van der Waals surface area contributed by atoms with Crippen LogP contribution in [0.5, 0.6) is 11.5 Å². The van der Waals surface area contributed by atoms with E-state index in [1.807, 2.05) is 18.2 Å². The lowest BCUT2D eigenvalue weighted by Crippen LogP contribution is -2.24. The summed E-state index contributed by atoms with van der Waals surface area (Å²) in [4.78, 5) is 0. The molecular formula is C44H44O2P2. The van der Waals surface area contributed by atoms with E-state index in [0.29, 0.717) is 24.7 Å². The van der Waals surface area contributed by atoms with Crippen LogP contribution in [0.2, 0.25) is 0 Å². The quantitative estimate of drug-likeness (QED) is 0.118. The van der Waals surface area contributed by atoms with Gasteiger partial charge in [-0.25, -0.2) is 0 Å². The third kappa shape index (κ3) is 8.07. The van der Waals surface area contributed by atoms with E-state index in [1.165, 1.54) is 44.9 Å². The van der Waals surface area contributed by atoms with Crippen molar-refractivity contribution in [2.75, 3.05) is 6.61 Å². The normalized spacial score (nSPS) is 11.9. The second kappa shape index (κ2) is 16.7. The van der Waals surface area contributed by atoms with Crippen LogP contribution in [0.3, 0.4) is 0 Å². The smallest absolute Gasteiger partial charge is 0.130 e. The Bertz CT molecular complexity index is 1780. The van der Waals surface area contributed by atoms with Gasteiger partial charge in [-0.3, -0.25) is 0 Å². The summed E-state index contributed by atoms with van der Waals surface area (Å²) in [6, 6.07) is 55.7. The van der Waals surface area contributed by atoms with Crippen LogP contribution in [0.1, 0.15) is 37.8 Å². The zero-order valence-corrected chi connectivity index (χ0v) is 29.7. The molecule has 0 fully saturated rings. The number of benzene rings is 6. The minimum Gasteiger partial charge on any atom is -0.507 e. The number of hydrogen-bond acceptors (Lipinski definition) is 2. The molecular weight excluding hydrogens is 622 g/mol. The number of para-hydroxylation sites is 2. The van der Waals surface area contributed by atoms with Crippen molar-refractivity contribution in [2.24, 2.45) is 5.92 Å². The fourth-order valence-corrected chi connectivity index (χ4v) is 11.3. The Kier molecular flexibility index (Phi) is 11.7. The van der Waals surface area contributed by atoms with E-state index >= 15 is 0 Å². The van der Waals surface area contributed by atoms with Crippen LogP contribution in [-0.2, 0) is 12.8 Å². The maximum absolute atomic E-state index is 11.8. The maximum atomic E-state index is 11.8. The molecule has 0 spiro atoms. The van der Waals surface area contributed by atoms with Gasteiger partial charge in [0, 0.05) is 17.0 Å². The van der Waals surface area contributed by atoms with Crippen molar-refractivity contribution in [1.29, 1.82) is 0 Å². The van der Waals surface area contributed by atoms with Crippen LogP contribution >= 0.6 is 15.8 Å². The van der Waals surface area contributed by atoms with E-state index in [1.54, 1.807) is 0 Å². The fourth-order valence-electron chi connectivity index (χ4n) is 6.43. The molecule has 1 N–H and O–H groups in total. The molecule has 0 amide bonds. The SMILES string of the molecule is CCCC(C)Cc1cccc(P(c2ccccc2)c2ccccc2)c1OCCc1cccc(P(c2ccccc2)c2ccccc2)c1O. The van der Waals surface area contributed by atoms with Crippen molar-refractivity contribution in [1.82, 2.24) is 0 Å². The van der Waals surface area contributed by atoms with Gasteiger partial charge in [0.2, 0.25) is 0 Å². The third-order valence-corrected chi connectivity index (χ3v) is 13.6. The number of hydrogen-bond donors (Lipinski definition) is 1. The Hall–Kier alpha value is -4.22. The minimum absolute atomic E-state index is 0.376. The van der Waals surface area contributed by atoms with Gasteiger partial charge in [0.25, 0.3) is 0 Å². The molecule has 0 heterocycles. The second-order valence-corrected chi connectivity index (χ2v) is 16.6. The molecule has 0 radical (unpaired) electrons. The van der Waals surface area contributed by atoms with Gasteiger partial charge in [-0.2, -0.15) is 0 Å². The van der Waals surface area contributed by atoms with Gasteiger partial charge in [0.05, 0.1) is 6.61 Å². The van der Waals surface area contributed by atoms with E-state index in [2.05, 4.69) is 153 Å². The third-order valence-electron chi connectivity index (χ3n) is 8.68. The van der Waals surface area contributed by atoms with Gasteiger partial charge in [-0.15, -0.1) is 0 Å². The summed E-state index contributed by atoms with van der Waals surface area (Å²) in [5.74, 6) is 1.94. The first kappa shape index (κ1) is 33.7. The average Bonchev–Trinajstić information content (AvgIpc) is 3.13. The molecule has 48 heavy (non-hydrogen) atoms. The summed E-state index contributed by atoms with van der Waals surface area (Å²) in [6.07, 6.45) is 3.94. The van der Waals surface area contributed by atoms with Crippen molar-refractivity contribution in [2.45, 2.75) is 39.5 Å². The average molecular weight is 667 g/mol. The summed E-state index contributed by atoms with van der Waals surface area (Å²) >= 11 is 0. The van der Waals surface area contributed by atoms with Crippen LogP contribution in [0, 0.1) is 5.92 Å². The van der Waals surface area contributed by atoms with Gasteiger partial charge in [-0.05, 0) is 60.5 Å². The molecule has 0 aliphatic rings. The van der Waals surface area contributed by atoms with Crippen LogP contribution in [-0.4, -0.2) is 11.7 Å². The highest BCUT2D eigenvalue weighted by Crippen LogP contribution is 2.40. The van der Waals surface area contributed by atoms with E-state index in [0.717, 1.165) is 23.0 Å². The van der Waals surface area contributed by atoms with Crippen molar-refractivity contribution in [3.63, 3.8) is 0 Å². The maximum Gasteiger partial charge on any atom is 0.130 e. The molecule has 0 saturated heterocycles. The fraction of sp³-hybridized carbons (Fsp3) is 0.182. The Balaban J connectivity index is 1.34. The molecule has 0 saturated carbocycles. The lowest BCUT2D eigenvalue weighted by Gasteiger charge is -2.25. The molecule has 2 nitrogen and oxygen atoms in total. The highest BCUT2D eigenvalue weighted by molar-refractivity contribution is 7.80. The number of aromatic hydroxyl groups is 1. The summed E-state index contributed by atoms with van der Waals surface area (Å²) in [5, 5.41) is 19.1. The second-order valence-electron chi connectivity index (χ2n) is 12.3. The minimum atomic E-state index is -0.914.